The maximum Gasteiger partial charge on any atom is 0.245 e. The first-order valence-electron chi connectivity index (χ1n) is 4.08. The van der Waals surface area contributed by atoms with Crippen LogP contribution in [0.2, 0.25) is 0 Å². The molecule has 1 saturated carbocycles. The van der Waals surface area contributed by atoms with Crippen LogP contribution in [0.25, 0.3) is 0 Å². The van der Waals surface area contributed by atoms with Gasteiger partial charge in [0.15, 0.2) is 0 Å². The molecule has 0 aromatic heterocycles. The van der Waals surface area contributed by atoms with Crippen molar-refractivity contribution < 1.29 is 9.66 Å². The van der Waals surface area contributed by atoms with E-state index in [1.54, 1.807) is 7.11 Å². The highest BCUT2D eigenvalue weighted by molar-refractivity contribution is 5.15. The van der Waals surface area contributed by atoms with Crippen molar-refractivity contribution in [2.45, 2.75) is 18.6 Å². The molecule has 2 rings (SSSR count). The highest BCUT2D eigenvalue weighted by Gasteiger charge is 2.52. The molecule has 2 bridgehead atoms. The Kier molecular flexibility index (Phi) is 1.65. The zero-order valence-corrected chi connectivity index (χ0v) is 6.84. The van der Waals surface area contributed by atoms with E-state index in [1.165, 1.54) is 0 Å². The first-order chi connectivity index (χ1) is 5.74. The summed E-state index contributed by atoms with van der Waals surface area (Å²) in [5.74, 6) is 0.380. The van der Waals surface area contributed by atoms with Crippen LogP contribution in [0.5, 0.6) is 0 Å². The van der Waals surface area contributed by atoms with Gasteiger partial charge in [-0.25, -0.2) is 0 Å². The molecular formula is C8H11NO3. The van der Waals surface area contributed by atoms with Gasteiger partial charge in [0.1, 0.15) is 6.10 Å². The first-order valence-corrected chi connectivity index (χ1v) is 4.08. The zero-order chi connectivity index (χ0) is 8.72. The van der Waals surface area contributed by atoms with Crippen LogP contribution < -0.4 is 0 Å². The molecule has 0 aliphatic heterocycles. The van der Waals surface area contributed by atoms with Crippen LogP contribution in [-0.4, -0.2) is 24.2 Å². The second kappa shape index (κ2) is 2.55. The maximum atomic E-state index is 10.7. The fraction of sp³-hybridized carbons (Fsp3) is 0.750. The number of nitrogens with zero attached hydrogens (tertiary/aromatic N) is 1. The minimum absolute atomic E-state index is 0.106. The molecule has 0 amide bonds. The van der Waals surface area contributed by atoms with Crippen LogP contribution in [0.3, 0.4) is 0 Å². The average Bonchev–Trinajstić information content (AvgIpc) is 2.60. The summed E-state index contributed by atoms with van der Waals surface area (Å²) in [5.41, 5.74) is 0. The lowest BCUT2D eigenvalue weighted by atomic mass is 9.99. The monoisotopic (exact) mass is 169 g/mol. The van der Waals surface area contributed by atoms with Crippen molar-refractivity contribution in [3.63, 3.8) is 0 Å². The Morgan fingerprint density at radius 3 is 2.67 bits per heavy atom. The van der Waals surface area contributed by atoms with Gasteiger partial charge in [-0.3, -0.25) is 10.1 Å². The Morgan fingerprint density at radius 2 is 2.17 bits per heavy atom. The lowest BCUT2D eigenvalue weighted by Crippen LogP contribution is -2.38. The molecule has 0 aromatic carbocycles. The van der Waals surface area contributed by atoms with Crippen LogP contribution >= 0.6 is 0 Å². The Balaban J connectivity index is 2.23. The summed E-state index contributed by atoms with van der Waals surface area (Å²) in [5, 5.41) is 10.7. The van der Waals surface area contributed by atoms with Gasteiger partial charge < -0.3 is 4.74 Å². The van der Waals surface area contributed by atoms with Gasteiger partial charge in [-0.1, -0.05) is 12.2 Å². The van der Waals surface area contributed by atoms with Gasteiger partial charge in [0.05, 0.1) is 0 Å². The molecule has 0 unspecified atom stereocenters. The average molecular weight is 169 g/mol. The summed E-state index contributed by atoms with van der Waals surface area (Å²) in [6.07, 6.45) is 4.69. The third kappa shape index (κ3) is 0.876. The molecule has 2 aliphatic carbocycles. The number of hydrogen-bond donors (Lipinski definition) is 0. The predicted molar refractivity (Wildman–Crippen MR) is 42.3 cm³/mol. The number of hydrogen-bond acceptors (Lipinski definition) is 3. The van der Waals surface area contributed by atoms with Gasteiger partial charge in [0.25, 0.3) is 0 Å². The SMILES string of the molecule is CO[C@@H]1[C@@H]([N+](=O)[O-])[C@H]2C=C[C@H]1C2. The molecule has 12 heavy (non-hydrogen) atoms. The minimum Gasteiger partial charge on any atom is -0.374 e. The summed E-state index contributed by atoms with van der Waals surface area (Å²) >= 11 is 0. The van der Waals surface area contributed by atoms with Crippen molar-refractivity contribution in [2.24, 2.45) is 11.8 Å². The van der Waals surface area contributed by atoms with Crippen molar-refractivity contribution in [2.75, 3.05) is 7.11 Å². The molecule has 4 nitrogen and oxygen atoms in total. The van der Waals surface area contributed by atoms with Gasteiger partial charge >= 0.3 is 0 Å². The largest absolute Gasteiger partial charge is 0.374 e. The second-order valence-electron chi connectivity index (χ2n) is 3.42. The fourth-order valence-corrected chi connectivity index (χ4v) is 2.34. The third-order valence-electron chi connectivity index (χ3n) is 2.86. The summed E-state index contributed by atoms with van der Waals surface area (Å²) < 4.78 is 5.13. The van der Waals surface area contributed by atoms with Crippen LogP contribution in [0.1, 0.15) is 6.42 Å². The number of methoxy groups -OCH3 is 1. The summed E-state index contributed by atoms with van der Waals surface area (Å²) in [7, 11) is 1.55. The third-order valence-corrected chi connectivity index (χ3v) is 2.86. The van der Waals surface area contributed by atoms with Crippen LogP contribution in [0, 0.1) is 22.0 Å². The molecule has 0 saturated heterocycles. The van der Waals surface area contributed by atoms with E-state index >= 15 is 0 Å². The van der Waals surface area contributed by atoms with E-state index < -0.39 is 6.04 Å². The molecule has 4 atom stereocenters. The number of nitro groups is 1. The Morgan fingerprint density at radius 1 is 1.50 bits per heavy atom. The Hall–Kier alpha value is -0.900. The van der Waals surface area contributed by atoms with E-state index in [4.69, 9.17) is 4.74 Å². The lowest BCUT2D eigenvalue weighted by molar-refractivity contribution is -0.538. The van der Waals surface area contributed by atoms with Crippen molar-refractivity contribution in [3.05, 3.63) is 22.3 Å². The fourth-order valence-electron chi connectivity index (χ4n) is 2.34. The summed E-state index contributed by atoms with van der Waals surface area (Å²) in [4.78, 5) is 10.4. The van der Waals surface area contributed by atoms with Crippen molar-refractivity contribution in [3.8, 4) is 0 Å². The van der Waals surface area contributed by atoms with Crippen LogP contribution in [-0.2, 0) is 4.74 Å². The van der Waals surface area contributed by atoms with Gasteiger partial charge in [-0.15, -0.1) is 0 Å². The zero-order valence-electron chi connectivity index (χ0n) is 6.84. The normalized spacial score (nSPS) is 43.8. The topological polar surface area (TPSA) is 52.4 Å². The standard InChI is InChI=1S/C8H11NO3/c1-12-8-6-3-2-5(4-6)7(8)9(10)11/h2-3,5-8H,4H2,1H3/t5-,6-,7-,8-/m0/s1. The Bertz CT molecular complexity index is 238. The highest BCUT2D eigenvalue weighted by Crippen LogP contribution is 2.41. The van der Waals surface area contributed by atoms with E-state index in [0.29, 0.717) is 0 Å². The molecular weight excluding hydrogens is 158 g/mol. The molecule has 0 heterocycles. The smallest absolute Gasteiger partial charge is 0.245 e. The summed E-state index contributed by atoms with van der Waals surface area (Å²) in [6.45, 7) is 0. The predicted octanol–water partition coefficient (Wildman–Crippen LogP) is 0.853. The van der Waals surface area contributed by atoms with Gasteiger partial charge in [0, 0.05) is 23.9 Å². The van der Waals surface area contributed by atoms with Crippen molar-refractivity contribution in [1.82, 2.24) is 0 Å². The quantitative estimate of drug-likeness (QED) is 0.350. The number of fused-ring (bicyclic) bond motifs is 2. The molecule has 1 fully saturated rings. The summed E-state index contributed by atoms with van der Waals surface area (Å²) in [6, 6.07) is -0.509. The molecule has 2 aliphatic rings. The number of rotatable bonds is 2. The second-order valence-corrected chi connectivity index (χ2v) is 3.42. The van der Waals surface area contributed by atoms with Gasteiger partial charge in [0.2, 0.25) is 6.04 Å². The molecule has 4 heteroatoms. The Labute approximate surface area is 70.4 Å². The molecule has 0 aromatic rings. The lowest BCUT2D eigenvalue weighted by Gasteiger charge is -2.19. The van der Waals surface area contributed by atoms with E-state index in [-0.39, 0.29) is 22.9 Å². The highest BCUT2D eigenvalue weighted by atomic mass is 16.6. The van der Waals surface area contributed by atoms with Crippen LogP contribution in [0.4, 0.5) is 0 Å². The van der Waals surface area contributed by atoms with E-state index in [1.807, 2.05) is 12.2 Å². The van der Waals surface area contributed by atoms with Gasteiger partial charge in [-0.2, -0.15) is 0 Å². The minimum atomic E-state index is -0.509. The van der Waals surface area contributed by atoms with Gasteiger partial charge in [-0.05, 0) is 6.42 Å². The molecule has 0 radical (unpaired) electrons. The molecule has 66 valence electrons. The maximum absolute atomic E-state index is 10.7. The van der Waals surface area contributed by atoms with Crippen molar-refractivity contribution >= 4 is 0 Å². The molecule has 0 spiro atoms. The van der Waals surface area contributed by atoms with Crippen molar-refractivity contribution in [1.29, 1.82) is 0 Å². The molecule has 0 N–H and O–H groups in total. The van der Waals surface area contributed by atoms with E-state index in [9.17, 15) is 10.1 Å². The van der Waals surface area contributed by atoms with Crippen LogP contribution in [0.15, 0.2) is 12.2 Å². The van der Waals surface area contributed by atoms with E-state index in [0.717, 1.165) is 6.42 Å². The first kappa shape index (κ1) is 7.73. The number of ether oxygens (including phenoxy) is 1. The van der Waals surface area contributed by atoms with E-state index in [2.05, 4.69) is 0 Å².